The number of carbonyl (C=O) groups is 1. The van der Waals surface area contributed by atoms with E-state index >= 15 is 0 Å². The molecule has 5 heteroatoms. The van der Waals surface area contributed by atoms with E-state index in [9.17, 15) is 9.18 Å². The van der Waals surface area contributed by atoms with Gasteiger partial charge in [-0.15, -0.1) is 12.4 Å². The molecule has 1 fully saturated rings. The second-order valence-electron chi connectivity index (χ2n) is 6.87. The third-order valence-corrected chi connectivity index (χ3v) is 5.18. The molecule has 1 saturated heterocycles. The molecule has 2 aromatic rings. The molecular formula is C22H28ClFN2O. The number of benzene rings is 2. The summed E-state index contributed by atoms with van der Waals surface area (Å²) in [4.78, 5) is 16.9. The Hall–Kier alpha value is -1.91. The van der Waals surface area contributed by atoms with Gasteiger partial charge >= 0.3 is 0 Å². The molecule has 3 rings (SSSR count). The van der Waals surface area contributed by atoms with Gasteiger partial charge in [-0.2, -0.15) is 0 Å². The molecule has 2 aromatic carbocycles. The minimum absolute atomic E-state index is 0. The molecule has 3 nitrogen and oxygen atoms in total. The van der Waals surface area contributed by atoms with Crippen LogP contribution in [0, 0.1) is 5.82 Å². The number of piperidine rings is 1. The first-order valence-electron chi connectivity index (χ1n) is 9.52. The van der Waals surface area contributed by atoms with Gasteiger partial charge in [-0.05, 0) is 43.0 Å². The van der Waals surface area contributed by atoms with E-state index in [1.807, 2.05) is 54.3 Å². The summed E-state index contributed by atoms with van der Waals surface area (Å²) in [6.07, 6.45) is 3.16. The van der Waals surface area contributed by atoms with Crippen LogP contribution in [0.25, 0.3) is 0 Å². The fraction of sp³-hybridized carbons (Fsp3) is 0.409. The van der Waals surface area contributed by atoms with Crippen LogP contribution in [0.5, 0.6) is 0 Å². The lowest BCUT2D eigenvalue weighted by Crippen LogP contribution is -2.47. The van der Waals surface area contributed by atoms with Gasteiger partial charge in [0.15, 0.2) is 0 Å². The number of likely N-dealkylation sites (tertiary alicyclic amines) is 1. The van der Waals surface area contributed by atoms with Crippen molar-refractivity contribution in [2.45, 2.75) is 38.6 Å². The number of carbonyl (C=O) groups excluding carboxylic acids is 1. The van der Waals surface area contributed by atoms with E-state index < -0.39 is 0 Å². The second kappa shape index (κ2) is 10.4. The molecule has 0 aromatic heterocycles. The number of para-hydroxylation sites is 1. The van der Waals surface area contributed by atoms with E-state index in [1.165, 1.54) is 6.07 Å². The van der Waals surface area contributed by atoms with Gasteiger partial charge in [-0.3, -0.25) is 4.79 Å². The van der Waals surface area contributed by atoms with Crippen molar-refractivity contribution in [2.24, 2.45) is 0 Å². The molecule has 0 radical (unpaired) electrons. The third-order valence-electron chi connectivity index (χ3n) is 5.18. The summed E-state index contributed by atoms with van der Waals surface area (Å²) >= 11 is 0. The molecule has 0 atom stereocenters. The molecule has 0 bridgehead atoms. The van der Waals surface area contributed by atoms with E-state index in [4.69, 9.17) is 0 Å². The molecule has 1 heterocycles. The average Bonchev–Trinajstić information content (AvgIpc) is 2.69. The fourth-order valence-electron chi connectivity index (χ4n) is 3.70. The standard InChI is InChI=1S/C22H27FN2O.ClH/c1-2-22(26)25(19-9-4-3-5-10-19)20-13-16-24(17-14-20)15-12-18-8-6-7-11-21(18)23;/h3-11,20H,2,12-17H2,1H3;1H. The Labute approximate surface area is 167 Å². The summed E-state index contributed by atoms with van der Waals surface area (Å²) in [5.74, 6) is 0.0622. The maximum atomic E-state index is 13.8. The summed E-state index contributed by atoms with van der Waals surface area (Å²) < 4.78 is 13.8. The van der Waals surface area contributed by atoms with Gasteiger partial charge in [0.05, 0.1) is 0 Å². The van der Waals surface area contributed by atoms with Crippen LogP contribution in [0.1, 0.15) is 31.7 Å². The van der Waals surface area contributed by atoms with Crippen LogP contribution in [-0.2, 0) is 11.2 Å². The molecule has 1 aliphatic rings. The van der Waals surface area contributed by atoms with Crippen molar-refractivity contribution >= 4 is 24.0 Å². The monoisotopic (exact) mass is 390 g/mol. The number of hydrogen-bond acceptors (Lipinski definition) is 2. The van der Waals surface area contributed by atoms with Gasteiger partial charge in [-0.1, -0.05) is 43.3 Å². The predicted molar refractivity (Wildman–Crippen MR) is 111 cm³/mol. The van der Waals surface area contributed by atoms with Gasteiger partial charge in [0.25, 0.3) is 0 Å². The number of halogens is 2. The summed E-state index contributed by atoms with van der Waals surface area (Å²) in [5, 5.41) is 0. The molecular weight excluding hydrogens is 363 g/mol. The summed E-state index contributed by atoms with van der Waals surface area (Å²) in [7, 11) is 0. The highest BCUT2D eigenvalue weighted by Gasteiger charge is 2.28. The normalized spacial score (nSPS) is 15.2. The van der Waals surface area contributed by atoms with Crippen LogP contribution < -0.4 is 4.90 Å². The Kier molecular flexibility index (Phi) is 8.26. The molecule has 0 N–H and O–H groups in total. The lowest BCUT2D eigenvalue weighted by molar-refractivity contribution is -0.119. The maximum Gasteiger partial charge on any atom is 0.226 e. The van der Waals surface area contributed by atoms with Crippen molar-refractivity contribution in [3.63, 3.8) is 0 Å². The van der Waals surface area contributed by atoms with Crippen molar-refractivity contribution in [3.05, 3.63) is 66.0 Å². The van der Waals surface area contributed by atoms with Crippen LogP contribution in [-0.4, -0.2) is 36.5 Å². The smallest absolute Gasteiger partial charge is 0.226 e. The topological polar surface area (TPSA) is 23.6 Å². The predicted octanol–water partition coefficient (Wildman–Crippen LogP) is 4.70. The SMILES string of the molecule is CCC(=O)N(c1ccccc1)C1CCN(CCc2ccccc2F)CC1.Cl. The van der Waals surface area contributed by atoms with E-state index in [0.29, 0.717) is 6.42 Å². The van der Waals surface area contributed by atoms with Crippen LogP contribution in [0.2, 0.25) is 0 Å². The maximum absolute atomic E-state index is 13.8. The lowest BCUT2D eigenvalue weighted by Gasteiger charge is -2.38. The van der Waals surface area contributed by atoms with Crippen LogP contribution >= 0.6 is 12.4 Å². The van der Waals surface area contributed by atoms with Crippen LogP contribution in [0.15, 0.2) is 54.6 Å². The lowest BCUT2D eigenvalue weighted by atomic mass is 10.0. The first-order valence-corrected chi connectivity index (χ1v) is 9.52. The minimum Gasteiger partial charge on any atom is -0.309 e. The molecule has 27 heavy (non-hydrogen) atoms. The number of anilines is 1. The van der Waals surface area contributed by atoms with Gasteiger partial charge in [-0.25, -0.2) is 4.39 Å². The van der Waals surface area contributed by atoms with Crippen molar-refractivity contribution < 1.29 is 9.18 Å². The van der Waals surface area contributed by atoms with E-state index in [1.54, 1.807) is 6.07 Å². The van der Waals surface area contributed by atoms with Crippen LogP contribution in [0.3, 0.4) is 0 Å². The minimum atomic E-state index is -0.119. The van der Waals surface area contributed by atoms with Crippen LogP contribution in [0.4, 0.5) is 10.1 Å². The molecule has 0 saturated carbocycles. The van der Waals surface area contributed by atoms with Gasteiger partial charge in [0.2, 0.25) is 5.91 Å². The molecule has 0 spiro atoms. The first-order chi connectivity index (χ1) is 12.7. The number of nitrogens with zero attached hydrogens (tertiary/aromatic N) is 2. The first kappa shape index (κ1) is 21.4. The van der Waals surface area contributed by atoms with E-state index in [-0.39, 0.29) is 30.2 Å². The number of rotatable bonds is 6. The zero-order valence-electron chi connectivity index (χ0n) is 15.8. The van der Waals surface area contributed by atoms with Crippen molar-refractivity contribution in [1.82, 2.24) is 4.90 Å². The third kappa shape index (κ3) is 5.53. The summed E-state index contributed by atoms with van der Waals surface area (Å²) in [6.45, 7) is 4.67. The molecule has 0 aliphatic carbocycles. The largest absolute Gasteiger partial charge is 0.309 e. The number of amides is 1. The highest BCUT2D eigenvalue weighted by Crippen LogP contribution is 2.24. The Morgan fingerprint density at radius 1 is 1.07 bits per heavy atom. The van der Waals surface area contributed by atoms with Gasteiger partial charge < -0.3 is 9.80 Å². The van der Waals surface area contributed by atoms with E-state index in [0.717, 1.165) is 50.1 Å². The zero-order valence-corrected chi connectivity index (χ0v) is 16.6. The highest BCUT2D eigenvalue weighted by atomic mass is 35.5. The van der Waals surface area contributed by atoms with Gasteiger partial charge in [0.1, 0.15) is 5.82 Å². The molecule has 146 valence electrons. The fourth-order valence-corrected chi connectivity index (χ4v) is 3.70. The number of hydrogen-bond donors (Lipinski definition) is 0. The Morgan fingerprint density at radius 3 is 2.33 bits per heavy atom. The van der Waals surface area contributed by atoms with Crippen molar-refractivity contribution in [1.29, 1.82) is 0 Å². The average molecular weight is 391 g/mol. The Balaban J connectivity index is 0.00000261. The Bertz CT molecular complexity index is 717. The summed E-state index contributed by atoms with van der Waals surface area (Å²) in [5.41, 5.74) is 1.77. The quantitative estimate of drug-likeness (QED) is 0.713. The molecule has 1 aliphatic heterocycles. The molecule has 0 unspecified atom stereocenters. The highest BCUT2D eigenvalue weighted by molar-refractivity contribution is 5.93. The van der Waals surface area contributed by atoms with E-state index in [2.05, 4.69) is 4.90 Å². The zero-order chi connectivity index (χ0) is 18.4. The van der Waals surface area contributed by atoms with Crippen molar-refractivity contribution in [3.8, 4) is 0 Å². The summed E-state index contributed by atoms with van der Waals surface area (Å²) in [6, 6.07) is 17.2. The Morgan fingerprint density at radius 2 is 1.70 bits per heavy atom. The van der Waals surface area contributed by atoms with Gasteiger partial charge in [0, 0.05) is 37.8 Å². The van der Waals surface area contributed by atoms with Crippen molar-refractivity contribution in [2.75, 3.05) is 24.5 Å². The second-order valence-corrected chi connectivity index (χ2v) is 6.87. The molecule has 1 amide bonds.